The van der Waals surface area contributed by atoms with Crippen molar-refractivity contribution in [3.8, 4) is 5.75 Å². The Balaban J connectivity index is 1.83. The number of hydrogen-bond acceptors (Lipinski definition) is 6. The molecule has 1 N–H and O–H groups in total. The van der Waals surface area contributed by atoms with Crippen molar-refractivity contribution in [2.45, 2.75) is 6.61 Å². The van der Waals surface area contributed by atoms with E-state index in [-0.39, 0.29) is 24.4 Å². The fourth-order valence-corrected chi connectivity index (χ4v) is 2.75. The van der Waals surface area contributed by atoms with E-state index in [4.69, 9.17) is 4.74 Å². The molecule has 152 valence electrons. The van der Waals surface area contributed by atoms with Crippen molar-refractivity contribution in [3.05, 3.63) is 88.0 Å². The molecule has 0 aliphatic carbocycles. The zero-order valence-electron chi connectivity index (χ0n) is 15.7. The van der Waals surface area contributed by atoms with Gasteiger partial charge in [0, 0.05) is 24.2 Å². The summed E-state index contributed by atoms with van der Waals surface area (Å²) in [7, 11) is 0. The number of nitro benzene ring substituents is 1. The standard InChI is InChI=1S/C21H17N3O6/c1-2-11-23-20(26)17(19(25)22-21(23)27)12-15-5-3-4-6-18(15)30-13-14-7-9-16(10-8-14)24(28)29/h2-10,12H,1,11,13H2,(H,22,25,27). The molecule has 0 radical (unpaired) electrons. The maximum Gasteiger partial charge on any atom is 0.331 e. The fourth-order valence-electron chi connectivity index (χ4n) is 2.75. The Morgan fingerprint density at radius 1 is 1.10 bits per heavy atom. The molecule has 0 aromatic heterocycles. The number of rotatable bonds is 7. The second-order valence-electron chi connectivity index (χ2n) is 6.27. The molecule has 30 heavy (non-hydrogen) atoms. The monoisotopic (exact) mass is 407 g/mol. The van der Waals surface area contributed by atoms with Gasteiger partial charge < -0.3 is 4.74 Å². The predicted octanol–water partition coefficient (Wildman–Crippen LogP) is 2.82. The van der Waals surface area contributed by atoms with Gasteiger partial charge in [-0.2, -0.15) is 0 Å². The molecule has 0 unspecified atom stereocenters. The number of benzene rings is 2. The normalized spacial score (nSPS) is 15.1. The second kappa shape index (κ2) is 8.82. The van der Waals surface area contributed by atoms with E-state index >= 15 is 0 Å². The van der Waals surface area contributed by atoms with E-state index in [9.17, 15) is 24.5 Å². The third-order valence-electron chi connectivity index (χ3n) is 4.26. The average molecular weight is 407 g/mol. The number of urea groups is 1. The third kappa shape index (κ3) is 4.41. The van der Waals surface area contributed by atoms with Crippen LogP contribution >= 0.6 is 0 Å². The number of hydrogen-bond donors (Lipinski definition) is 1. The molecule has 2 aromatic rings. The highest BCUT2D eigenvalue weighted by Gasteiger charge is 2.35. The number of amides is 4. The lowest BCUT2D eigenvalue weighted by Gasteiger charge is -2.25. The van der Waals surface area contributed by atoms with Gasteiger partial charge in [0.05, 0.1) is 4.92 Å². The molecule has 3 rings (SSSR count). The van der Waals surface area contributed by atoms with Crippen molar-refractivity contribution in [2.24, 2.45) is 0 Å². The van der Waals surface area contributed by atoms with Gasteiger partial charge in [-0.15, -0.1) is 6.58 Å². The minimum atomic E-state index is -0.801. The number of carbonyl (C=O) groups is 3. The molecule has 0 bridgehead atoms. The van der Waals surface area contributed by atoms with Crippen molar-refractivity contribution in [3.63, 3.8) is 0 Å². The Morgan fingerprint density at radius 3 is 2.47 bits per heavy atom. The van der Waals surface area contributed by atoms with E-state index in [0.29, 0.717) is 16.9 Å². The molecule has 2 aromatic carbocycles. The summed E-state index contributed by atoms with van der Waals surface area (Å²) in [6.45, 7) is 3.59. The number of imide groups is 2. The minimum Gasteiger partial charge on any atom is -0.488 e. The first-order valence-corrected chi connectivity index (χ1v) is 8.85. The maximum absolute atomic E-state index is 12.6. The van der Waals surface area contributed by atoms with Crippen LogP contribution in [0.3, 0.4) is 0 Å². The van der Waals surface area contributed by atoms with Crippen LogP contribution in [0.2, 0.25) is 0 Å². The molecule has 9 heteroatoms. The van der Waals surface area contributed by atoms with Crippen molar-refractivity contribution in [1.29, 1.82) is 0 Å². The molecule has 9 nitrogen and oxygen atoms in total. The van der Waals surface area contributed by atoms with E-state index in [1.165, 1.54) is 24.3 Å². The van der Waals surface area contributed by atoms with Crippen molar-refractivity contribution in [1.82, 2.24) is 10.2 Å². The average Bonchev–Trinajstić information content (AvgIpc) is 2.73. The van der Waals surface area contributed by atoms with Gasteiger partial charge in [0.2, 0.25) is 0 Å². The van der Waals surface area contributed by atoms with Crippen molar-refractivity contribution in [2.75, 3.05) is 6.54 Å². The van der Waals surface area contributed by atoms with Crippen LogP contribution in [-0.2, 0) is 16.2 Å². The van der Waals surface area contributed by atoms with E-state index in [1.807, 2.05) is 0 Å². The van der Waals surface area contributed by atoms with Gasteiger partial charge in [-0.1, -0.05) is 24.3 Å². The summed E-state index contributed by atoms with van der Waals surface area (Å²) in [4.78, 5) is 47.7. The highest BCUT2D eigenvalue weighted by molar-refractivity contribution is 6.31. The third-order valence-corrected chi connectivity index (χ3v) is 4.26. The molecule has 0 spiro atoms. The summed E-state index contributed by atoms with van der Waals surface area (Å²) < 4.78 is 5.78. The molecule has 0 saturated carbocycles. The summed E-state index contributed by atoms with van der Waals surface area (Å²) in [5.41, 5.74) is 0.940. The summed E-state index contributed by atoms with van der Waals surface area (Å²) in [6, 6.07) is 11.9. The highest BCUT2D eigenvalue weighted by Crippen LogP contribution is 2.24. The lowest BCUT2D eigenvalue weighted by molar-refractivity contribution is -0.384. The number of nitrogens with one attached hydrogen (secondary N) is 1. The summed E-state index contributed by atoms with van der Waals surface area (Å²) in [5.74, 6) is -1.12. The number of non-ortho nitro benzene ring substituents is 1. The van der Waals surface area contributed by atoms with Gasteiger partial charge in [0.1, 0.15) is 17.9 Å². The SMILES string of the molecule is C=CCN1C(=O)NC(=O)C(=Cc2ccccc2OCc2ccc([N+](=O)[O-])cc2)C1=O. The van der Waals surface area contributed by atoms with Gasteiger partial charge >= 0.3 is 6.03 Å². The molecular formula is C21H17N3O6. The molecule has 1 heterocycles. The number of barbiturate groups is 1. The largest absolute Gasteiger partial charge is 0.488 e. The predicted molar refractivity (Wildman–Crippen MR) is 107 cm³/mol. The topological polar surface area (TPSA) is 119 Å². The molecule has 1 aliphatic rings. The lowest BCUT2D eigenvalue weighted by Crippen LogP contribution is -2.54. The summed E-state index contributed by atoms with van der Waals surface area (Å²) >= 11 is 0. The van der Waals surface area contributed by atoms with Gasteiger partial charge in [-0.25, -0.2) is 4.79 Å². The van der Waals surface area contributed by atoms with Gasteiger partial charge in [0.25, 0.3) is 17.5 Å². The zero-order chi connectivity index (χ0) is 21.7. The first-order chi connectivity index (χ1) is 14.4. The lowest BCUT2D eigenvalue weighted by atomic mass is 10.1. The van der Waals surface area contributed by atoms with Crippen molar-refractivity contribution < 1.29 is 24.0 Å². The van der Waals surface area contributed by atoms with Crippen LogP contribution in [0.25, 0.3) is 6.08 Å². The molecule has 4 amide bonds. The van der Waals surface area contributed by atoms with Gasteiger partial charge in [-0.05, 0) is 29.8 Å². The zero-order valence-corrected chi connectivity index (χ0v) is 15.7. The Kier molecular flexibility index (Phi) is 6.02. The molecule has 0 atom stereocenters. The van der Waals surface area contributed by atoms with Crippen LogP contribution in [0.15, 0.2) is 66.8 Å². The smallest absolute Gasteiger partial charge is 0.331 e. The van der Waals surface area contributed by atoms with Crippen LogP contribution < -0.4 is 10.1 Å². The molecule has 1 saturated heterocycles. The van der Waals surface area contributed by atoms with E-state index < -0.39 is 22.8 Å². The second-order valence-corrected chi connectivity index (χ2v) is 6.27. The Labute approximate surface area is 171 Å². The number of nitro groups is 1. The quantitative estimate of drug-likeness (QED) is 0.248. The Morgan fingerprint density at radius 2 is 1.80 bits per heavy atom. The van der Waals surface area contributed by atoms with E-state index in [1.54, 1.807) is 36.4 Å². The first kappa shape index (κ1) is 20.5. The van der Waals surface area contributed by atoms with Crippen LogP contribution in [0.5, 0.6) is 5.75 Å². The van der Waals surface area contributed by atoms with E-state index in [0.717, 1.165) is 4.90 Å². The maximum atomic E-state index is 12.6. The summed E-state index contributed by atoms with van der Waals surface area (Å²) in [6.07, 6.45) is 2.73. The fraction of sp³-hybridized carbons (Fsp3) is 0.0952. The number of ether oxygens (including phenoxy) is 1. The highest BCUT2D eigenvalue weighted by atomic mass is 16.6. The van der Waals surface area contributed by atoms with Gasteiger partial charge in [0.15, 0.2) is 0 Å². The van der Waals surface area contributed by atoms with Crippen LogP contribution in [0.1, 0.15) is 11.1 Å². The Hall–Kier alpha value is -4.27. The number of para-hydroxylation sites is 1. The Bertz CT molecular complexity index is 1060. The first-order valence-electron chi connectivity index (χ1n) is 8.85. The number of nitrogens with zero attached hydrogens (tertiary/aromatic N) is 2. The molecular weight excluding hydrogens is 390 g/mol. The molecule has 1 fully saturated rings. The van der Waals surface area contributed by atoms with Crippen molar-refractivity contribution >= 4 is 29.6 Å². The summed E-state index contributed by atoms with van der Waals surface area (Å²) in [5, 5.41) is 12.9. The van der Waals surface area contributed by atoms with E-state index in [2.05, 4.69) is 11.9 Å². The van der Waals surface area contributed by atoms with Gasteiger partial charge in [-0.3, -0.25) is 29.9 Å². The van der Waals surface area contributed by atoms with Crippen LogP contribution in [0.4, 0.5) is 10.5 Å². The number of carbonyl (C=O) groups excluding carboxylic acids is 3. The molecule has 1 aliphatic heterocycles. The minimum absolute atomic E-state index is 0.0238. The van der Waals surface area contributed by atoms with Crippen LogP contribution in [-0.4, -0.2) is 34.2 Å². The van der Waals surface area contributed by atoms with Crippen LogP contribution in [0, 0.1) is 10.1 Å².